The molecule has 0 amide bonds. The molecule has 5 nitrogen and oxygen atoms in total. The van der Waals surface area contributed by atoms with Crippen LogP contribution in [-0.2, 0) is 13.6 Å². The van der Waals surface area contributed by atoms with Gasteiger partial charge in [-0.3, -0.25) is 14.4 Å². The van der Waals surface area contributed by atoms with Gasteiger partial charge in [0.2, 0.25) is 0 Å². The van der Waals surface area contributed by atoms with Crippen molar-refractivity contribution in [2.75, 3.05) is 32.7 Å². The van der Waals surface area contributed by atoms with Gasteiger partial charge in [0, 0.05) is 58.9 Å². The lowest BCUT2D eigenvalue weighted by atomic mass is 10.1. The molecule has 1 aliphatic heterocycles. The summed E-state index contributed by atoms with van der Waals surface area (Å²) in [7, 11) is 1.84. The van der Waals surface area contributed by atoms with E-state index in [1.807, 2.05) is 7.05 Å². The van der Waals surface area contributed by atoms with Crippen LogP contribution in [0.25, 0.3) is 0 Å². The largest absolute Gasteiger partial charge is 0.300 e. The molecule has 0 N–H and O–H groups in total. The number of rotatable bonds is 6. The van der Waals surface area contributed by atoms with E-state index in [0.29, 0.717) is 6.42 Å². The van der Waals surface area contributed by atoms with E-state index in [-0.39, 0.29) is 5.78 Å². The molecule has 1 saturated heterocycles. The van der Waals surface area contributed by atoms with E-state index in [1.165, 1.54) is 5.56 Å². The van der Waals surface area contributed by atoms with Crippen molar-refractivity contribution in [3.05, 3.63) is 53.9 Å². The Balaban J connectivity index is 1.40. The molecule has 23 heavy (non-hydrogen) atoms. The predicted molar refractivity (Wildman–Crippen MR) is 90.3 cm³/mol. The average molecular weight is 312 g/mol. The third-order valence-corrected chi connectivity index (χ3v) is 4.40. The number of carbonyl (C=O) groups is 1. The molecule has 0 radical (unpaired) electrons. The summed E-state index contributed by atoms with van der Waals surface area (Å²) in [4.78, 5) is 17.0. The first-order chi connectivity index (χ1) is 11.2. The minimum Gasteiger partial charge on any atom is -0.300 e. The van der Waals surface area contributed by atoms with Gasteiger partial charge in [0.1, 0.15) is 0 Å². The molecule has 0 unspecified atom stereocenters. The Morgan fingerprint density at radius 2 is 1.78 bits per heavy atom. The molecule has 5 heteroatoms. The van der Waals surface area contributed by atoms with E-state index in [2.05, 4.69) is 45.2 Å². The van der Waals surface area contributed by atoms with Crippen LogP contribution in [0.1, 0.15) is 22.3 Å². The monoisotopic (exact) mass is 312 g/mol. The summed E-state index contributed by atoms with van der Waals surface area (Å²) < 4.78 is 1.68. The number of aryl methyl sites for hydroxylation is 1. The van der Waals surface area contributed by atoms with Gasteiger partial charge < -0.3 is 4.90 Å². The van der Waals surface area contributed by atoms with E-state index < -0.39 is 0 Å². The number of ketones is 1. The van der Waals surface area contributed by atoms with Gasteiger partial charge in [-0.2, -0.15) is 5.10 Å². The fourth-order valence-electron chi connectivity index (χ4n) is 2.98. The molecule has 0 aliphatic carbocycles. The molecule has 1 aliphatic rings. The second kappa shape index (κ2) is 7.53. The van der Waals surface area contributed by atoms with Crippen molar-refractivity contribution in [1.82, 2.24) is 19.6 Å². The van der Waals surface area contributed by atoms with Crippen LogP contribution in [0.15, 0.2) is 42.7 Å². The number of hydrogen-bond donors (Lipinski definition) is 0. The average Bonchev–Trinajstić information content (AvgIpc) is 3.01. The molecule has 0 atom stereocenters. The Kier molecular flexibility index (Phi) is 5.20. The molecule has 3 rings (SSSR count). The number of hydrogen-bond acceptors (Lipinski definition) is 4. The topological polar surface area (TPSA) is 41.4 Å². The number of carbonyl (C=O) groups excluding carboxylic acids is 1. The normalized spacial score (nSPS) is 16.6. The fraction of sp³-hybridized carbons (Fsp3) is 0.444. The van der Waals surface area contributed by atoms with Crippen LogP contribution in [0, 0.1) is 0 Å². The highest BCUT2D eigenvalue weighted by Crippen LogP contribution is 2.09. The number of Topliss-reactive ketones (excluding diaryl/α,β-unsaturated/α-hetero) is 1. The van der Waals surface area contributed by atoms with Crippen LogP contribution >= 0.6 is 0 Å². The van der Waals surface area contributed by atoms with Crippen LogP contribution in [0.4, 0.5) is 0 Å². The number of piperazine rings is 1. The molecule has 122 valence electrons. The maximum absolute atomic E-state index is 12.1. The van der Waals surface area contributed by atoms with Gasteiger partial charge in [0.15, 0.2) is 5.78 Å². The quantitative estimate of drug-likeness (QED) is 0.763. The van der Waals surface area contributed by atoms with Crippen LogP contribution in [-0.4, -0.2) is 58.1 Å². The number of aromatic nitrogens is 2. The third-order valence-electron chi connectivity index (χ3n) is 4.40. The van der Waals surface area contributed by atoms with Crippen LogP contribution in [0.2, 0.25) is 0 Å². The van der Waals surface area contributed by atoms with Crippen molar-refractivity contribution >= 4 is 5.78 Å². The zero-order chi connectivity index (χ0) is 16.1. The summed E-state index contributed by atoms with van der Waals surface area (Å²) in [6.07, 6.45) is 4.02. The summed E-state index contributed by atoms with van der Waals surface area (Å²) in [6.45, 7) is 6.06. The summed E-state index contributed by atoms with van der Waals surface area (Å²) in [5.74, 6) is 0.185. The van der Waals surface area contributed by atoms with Crippen molar-refractivity contribution in [2.24, 2.45) is 7.05 Å². The summed E-state index contributed by atoms with van der Waals surface area (Å²) >= 11 is 0. The molecule has 2 heterocycles. The lowest BCUT2D eigenvalue weighted by molar-refractivity contribution is 0.0922. The molecule has 0 saturated carbocycles. The Morgan fingerprint density at radius 1 is 1.09 bits per heavy atom. The van der Waals surface area contributed by atoms with E-state index in [4.69, 9.17) is 0 Å². The zero-order valence-corrected chi connectivity index (χ0v) is 13.7. The highest BCUT2D eigenvalue weighted by Gasteiger charge is 2.18. The minimum absolute atomic E-state index is 0.185. The molecule has 1 aromatic carbocycles. The Morgan fingerprint density at radius 3 is 2.43 bits per heavy atom. The summed E-state index contributed by atoms with van der Waals surface area (Å²) in [6, 6.07) is 10.6. The number of nitrogens with zero attached hydrogens (tertiary/aromatic N) is 4. The van der Waals surface area contributed by atoms with Crippen molar-refractivity contribution in [1.29, 1.82) is 0 Å². The van der Waals surface area contributed by atoms with Gasteiger partial charge in [-0.15, -0.1) is 0 Å². The van der Waals surface area contributed by atoms with Gasteiger partial charge in [-0.25, -0.2) is 0 Å². The number of benzene rings is 1. The van der Waals surface area contributed by atoms with Gasteiger partial charge in [0.05, 0.1) is 11.8 Å². The predicted octanol–water partition coefficient (Wildman–Crippen LogP) is 1.81. The van der Waals surface area contributed by atoms with Gasteiger partial charge >= 0.3 is 0 Å². The lowest BCUT2D eigenvalue weighted by Gasteiger charge is -2.34. The highest BCUT2D eigenvalue weighted by atomic mass is 16.1. The van der Waals surface area contributed by atoms with E-state index in [1.54, 1.807) is 17.1 Å². The summed E-state index contributed by atoms with van der Waals surface area (Å²) in [5, 5.41) is 4.06. The molecule has 0 bridgehead atoms. The maximum Gasteiger partial charge on any atom is 0.167 e. The Bertz CT molecular complexity index is 629. The van der Waals surface area contributed by atoms with Gasteiger partial charge in [-0.05, 0) is 5.56 Å². The molecule has 2 aromatic rings. The Labute approximate surface area is 137 Å². The second-order valence-electron chi connectivity index (χ2n) is 6.18. The molecular weight excluding hydrogens is 288 g/mol. The first kappa shape index (κ1) is 15.9. The van der Waals surface area contributed by atoms with Crippen molar-refractivity contribution in [2.45, 2.75) is 13.0 Å². The molecule has 1 aromatic heterocycles. The van der Waals surface area contributed by atoms with Crippen LogP contribution in [0.3, 0.4) is 0 Å². The second-order valence-corrected chi connectivity index (χ2v) is 6.18. The smallest absolute Gasteiger partial charge is 0.167 e. The van der Waals surface area contributed by atoms with E-state index in [9.17, 15) is 4.79 Å². The van der Waals surface area contributed by atoms with Crippen molar-refractivity contribution in [3.8, 4) is 0 Å². The van der Waals surface area contributed by atoms with Gasteiger partial charge in [0.25, 0.3) is 0 Å². The standard InChI is InChI=1S/C18H24N4O/c1-20-15-17(13-19-20)18(23)7-8-21-9-11-22(12-10-21)14-16-5-3-2-4-6-16/h2-6,13,15H,7-12,14H2,1H3. The summed E-state index contributed by atoms with van der Waals surface area (Å²) in [5.41, 5.74) is 2.09. The Hall–Kier alpha value is -1.98. The lowest BCUT2D eigenvalue weighted by Crippen LogP contribution is -2.46. The highest BCUT2D eigenvalue weighted by molar-refractivity contribution is 5.95. The molecule has 0 spiro atoms. The molecular formula is C18H24N4O. The van der Waals surface area contributed by atoms with Gasteiger partial charge in [-0.1, -0.05) is 30.3 Å². The van der Waals surface area contributed by atoms with Crippen LogP contribution < -0.4 is 0 Å². The third kappa shape index (κ3) is 4.50. The SMILES string of the molecule is Cn1cc(C(=O)CCN2CCN(Cc3ccccc3)CC2)cn1. The van der Waals surface area contributed by atoms with Crippen molar-refractivity contribution < 1.29 is 4.79 Å². The first-order valence-corrected chi connectivity index (χ1v) is 8.21. The molecule has 1 fully saturated rings. The maximum atomic E-state index is 12.1. The minimum atomic E-state index is 0.185. The van der Waals surface area contributed by atoms with E-state index >= 15 is 0 Å². The van der Waals surface area contributed by atoms with Crippen molar-refractivity contribution in [3.63, 3.8) is 0 Å². The fourth-order valence-corrected chi connectivity index (χ4v) is 2.98. The van der Waals surface area contributed by atoms with E-state index in [0.717, 1.165) is 44.8 Å². The zero-order valence-electron chi connectivity index (χ0n) is 13.7. The first-order valence-electron chi connectivity index (χ1n) is 8.21. The van der Waals surface area contributed by atoms with Crippen LogP contribution in [0.5, 0.6) is 0 Å².